The third-order valence-electron chi connectivity index (χ3n) is 6.09. The molecule has 1 fully saturated rings. The fraction of sp³-hybridized carbons (Fsp3) is 0.519. The Bertz CT molecular complexity index is 965. The van der Waals surface area contributed by atoms with E-state index < -0.39 is 6.04 Å². The summed E-state index contributed by atoms with van der Waals surface area (Å²) in [5.74, 6) is 0.400. The van der Waals surface area contributed by atoms with Gasteiger partial charge in [0.25, 0.3) is 5.91 Å². The zero-order valence-corrected chi connectivity index (χ0v) is 21.2. The monoisotopic (exact) mass is 466 g/mol. The van der Waals surface area contributed by atoms with Crippen LogP contribution in [0.2, 0.25) is 0 Å². The van der Waals surface area contributed by atoms with E-state index in [-0.39, 0.29) is 29.3 Å². The Morgan fingerprint density at radius 1 is 1.15 bits per heavy atom. The summed E-state index contributed by atoms with van der Waals surface area (Å²) in [6, 6.07) is 10.9. The summed E-state index contributed by atoms with van der Waals surface area (Å²) < 4.78 is 5.59. The first kappa shape index (κ1) is 25.7. The maximum Gasteiger partial charge on any atom is 0.251 e. The molecule has 2 atom stereocenters. The van der Waals surface area contributed by atoms with E-state index in [1.165, 1.54) is 0 Å². The van der Waals surface area contributed by atoms with E-state index in [0.29, 0.717) is 18.7 Å². The van der Waals surface area contributed by atoms with Crippen molar-refractivity contribution in [1.29, 1.82) is 0 Å². The maximum absolute atomic E-state index is 12.9. The van der Waals surface area contributed by atoms with E-state index in [1.54, 1.807) is 6.20 Å². The quantitative estimate of drug-likeness (QED) is 0.651. The summed E-state index contributed by atoms with van der Waals surface area (Å²) in [6.07, 6.45) is 1.98. The van der Waals surface area contributed by atoms with E-state index in [2.05, 4.69) is 48.2 Å². The Hall–Kier alpha value is -2.93. The molecular weight excluding hydrogens is 428 g/mol. The molecule has 1 saturated heterocycles. The van der Waals surface area contributed by atoms with Gasteiger partial charge in [0.2, 0.25) is 5.91 Å². The van der Waals surface area contributed by atoms with Crippen LogP contribution in [-0.4, -0.2) is 48.6 Å². The average Bonchev–Trinajstić information content (AvgIpc) is 2.80. The second kappa shape index (κ2) is 11.0. The van der Waals surface area contributed by atoms with Gasteiger partial charge in [-0.2, -0.15) is 0 Å². The lowest BCUT2D eigenvalue weighted by Gasteiger charge is -2.32. The third-order valence-corrected chi connectivity index (χ3v) is 6.09. The first-order valence-electron chi connectivity index (χ1n) is 12.0. The number of morpholine rings is 1. The number of benzene rings is 1. The minimum Gasteiger partial charge on any atom is -0.375 e. The molecule has 184 valence electrons. The molecule has 0 bridgehead atoms. The highest BCUT2D eigenvalue weighted by molar-refractivity contribution is 5.97. The van der Waals surface area contributed by atoms with Crippen LogP contribution in [0.25, 0.3) is 0 Å². The van der Waals surface area contributed by atoms with Gasteiger partial charge >= 0.3 is 0 Å². The lowest BCUT2D eigenvalue weighted by Crippen LogP contribution is -2.49. The van der Waals surface area contributed by atoms with Crippen LogP contribution in [0.15, 0.2) is 42.6 Å². The van der Waals surface area contributed by atoms with Gasteiger partial charge in [0.15, 0.2) is 0 Å². The molecule has 0 spiro atoms. The largest absolute Gasteiger partial charge is 0.375 e. The average molecular weight is 467 g/mol. The van der Waals surface area contributed by atoms with Crippen LogP contribution in [0.5, 0.6) is 0 Å². The van der Waals surface area contributed by atoms with Gasteiger partial charge in [-0.05, 0) is 47.6 Å². The molecule has 1 aromatic carbocycles. The van der Waals surface area contributed by atoms with Crippen LogP contribution in [0.3, 0.4) is 0 Å². The van der Waals surface area contributed by atoms with Gasteiger partial charge in [0, 0.05) is 31.4 Å². The molecule has 0 aliphatic carbocycles. The number of rotatable bonds is 7. The molecule has 2 heterocycles. The fourth-order valence-electron chi connectivity index (χ4n) is 3.92. The molecule has 1 aromatic heterocycles. The molecular formula is C27H38N4O3. The number of ether oxygens (including phenoxy) is 1. The van der Waals surface area contributed by atoms with E-state index in [1.807, 2.05) is 50.2 Å². The normalized spacial score (nSPS) is 17.4. The summed E-state index contributed by atoms with van der Waals surface area (Å²) in [7, 11) is 0. The van der Waals surface area contributed by atoms with Gasteiger partial charge in [-0.1, -0.05) is 52.8 Å². The highest BCUT2D eigenvalue weighted by Gasteiger charge is 2.25. The van der Waals surface area contributed by atoms with E-state index in [4.69, 9.17) is 4.74 Å². The second-order valence-electron chi connectivity index (χ2n) is 10.4. The third kappa shape index (κ3) is 6.79. The van der Waals surface area contributed by atoms with Crippen molar-refractivity contribution in [2.24, 2.45) is 5.92 Å². The first-order valence-corrected chi connectivity index (χ1v) is 12.0. The smallest absolute Gasteiger partial charge is 0.251 e. The van der Waals surface area contributed by atoms with E-state index in [0.717, 1.165) is 30.0 Å². The standard InChI is InChI=1S/C27H38N4O3/c1-18(2)24(30-25(32)21-8-10-22(11-9-21)27(4,5)6)26(33)29-16-20-7-12-23(28-15-20)31-13-14-34-19(3)17-31/h7-12,15,18-19,24H,13-14,16-17H2,1-6H3,(H,29,33)(H,30,32). The van der Waals surface area contributed by atoms with Crippen molar-refractivity contribution in [3.8, 4) is 0 Å². The Balaban J connectivity index is 1.57. The Morgan fingerprint density at radius 3 is 2.41 bits per heavy atom. The van der Waals surface area contributed by atoms with Crippen LogP contribution in [0.1, 0.15) is 63.0 Å². The number of hydrogen-bond acceptors (Lipinski definition) is 5. The Morgan fingerprint density at radius 2 is 1.85 bits per heavy atom. The SMILES string of the molecule is CC1CN(c2ccc(CNC(=O)C(NC(=O)c3ccc(C(C)(C)C)cc3)C(C)C)cn2)CCO1. The molecule has 7 heteroatoms. The lowest BCUT2D eigenvalue weighted by molar-refractivity contribution is -0.124. The zero-order chi connectivity index (χ0) is 24.9. The number of nitrogens with zero attached hydrogens (tertiary/aromatic N) is 2. The van der Waals surface area contributed by atoms with Gasteiger partial charge in [0.1, 0.15) is 11.9 Å². The molecule has 0 saturated carbocycles. The Labute approximate surface area is 203 Å². The van der Waals surface area contributed by atoms with Crippen molar-refractivity contribution in [1.82, 2.24) is 15.6 Å². The van der Waals surface area contributed by atoms with Crippen molar-refractivity contribution in [2.75, 3.05) is 24.6 Å². The molecule has 1 aliphatic heterocycles. The molecule has 34 heavy (non-hydrogen) atoms. The molecule has 1 aliphatic rings. The van der Waals surface area contributed by atoms with Crippen LogP contribution in [0.4, 0.5) is 5.82 Å². The molecule has 7 nitrogen and oxygen atoms in total. The minimum absolute atomic E-state index is 0.0169. The summed E-state index contributed by atoms with van der Waals surface area (Å²) in [6.45, 7) is 15.0. The Kier molecular flexibility index (Phi) is 8.31. The van der Waals surface area contributed by atoms with E-state index >= 15 is 0 Å². The maximum atomic E-state index is 12.9. The molecule has 2 N–H and O–H groups in total. The number of anilines is 1. The predicted octanol–water partition coefficient (Wildman–Crippen LogP) is 3.68. The van der Waals surface area contributed by atoms with Crippen LogP contribution >= 0.6 is 0 Å². The highest BCUT2D eigenvalue weighted by Crippen LogP contribution is 2.22. The fourth-order valence-corrected chi connectivity index (χ4v) is 3.92. The number of amides is 2. The number of aromatic nitrogens is 1. The van der Waals surface area contributed by atoms with Crippen molar-refractivity contribution < 1.29 is 14.3 Å². The number of carbonyl (C=O) groups excluding carboxylic acids is 2. The molecule has 2 unspecified atom stereocenters. The first-order chi connectivity index (χ1) is 16.0. The van der Waals surface area contributed by atoms with Gasteiger partial charge in [-0.15, -0.1) is 0 Å². The topological polar surface area (TPSA) is 83.6 Å². The summed E-state index contributed by atoms with van der Waals surface area (Å²) >= 11 is 0. The minimum atomic E-state index is -0.628. The van der Waals surface area contributed by atoms with Crippen molar-refractivity contribution in [2.45, 2.75) is 65.6 Å². The van der Waals surface area contributed by atoms with Crippen LogP contribution in [0, 0.1) is 5.92 Å². The molecule has 0 radical (unpaired) electrons. The van der Waals surface area contributed by atoms with E-state index in [9.17, 15) is 9.59 Å². The number of carbonyl (C=O) groups is 2. The van der Waals surface area contributed by atoms with Crippen LogP contribution in [-0.2, 0) is 21.5 Å². The second-order valence-corrected chi connectivity index (χ2v) is 10.4. The predicted molar refractivity (Wildman–Crippen MR) is 135 cm³/mol. The molecule has 2 amide bonds. The molecule has 3 rings (SSSR count). The summed E-state index contributed by atoms with van der Waals surface area (Å²) in [5, 5.41) is 5.84. The number of hydrogen-bond donors (Lipinski definition) is 2. The van der Waals surface area contributed by atoms with Gasteiger partial charge in [0.05, 0.1) is 12.7 Å². The zero-order valence-electron chi connectivity index (χ0n) is 21.2. The lowest BCUT2D eigenvalue weighted by atomic mass is 9.86. The highest BCUT2D eigenvalue weighted by atomic mass is 16.5. The summed E-state index contributed by atoms with van der Waals surface area (Å²) in [5.41, 5.74) is 2.63. The van der Waals surface area contributed by atoms with Gasteiger partial charge in [-0.25, -0.2) is 4.98 Å². The van der Waals surface area contributed by atoms with Crippen molar-refractivity contribution in [3.63, 3.8) is 0 Å². The van der Waals surface area contributed by atoms with Gasteiger partial charge < -0.3 is 20.3 Å². The van der Waals surface area contributed by atoms with Gasteiger partial charge in [-0.3, -0.25) is 9.59 Å². The summed E-state index contributed by atoms with van der Waals surface area (Å²) in [4.78, 5) is 32.4. The van der Waals surface area contributed by atoms with Crippen molar-refractivity contribution in [3.05, 3.63) is 59.3 Å². The van der Waals surface area contributed by atoms with Crippen molar-refractivity contribution >= 4 is 17.6 Å². The number of nitrogens with one attached hydrogen (secondary N) is 2. The molecule has 2 aromatic rings. The van der Waals surface area contributed by atoms with Crippen LogP contribution < -0.4 is 15.5 Å². The number of pyridine rings is 1.